The van der Waals surface area contributed by atoms with Crippen molar-refractivity contribution in [1.82, 2.24) is 20.0 Å². The van der Waals surface area contributed by atoms with Gasteiger partial charge in [-0.15, -0.1) is 16.0 Å². The minimum atomic E-state index is -5.27. The average Bonchev–Trinajstić information content (AvgIpc) is 3.75. The van der Waals surface area contributed by atoms with Crippen molar-refractivity contribution in [3.63, 3.8) is 0 Å². The second kappa shape index (κ2) is 14.4. The molecule has 4 heterocycles. The summed E-state index contributed by atoms with van der Waals surface area (Å²) < 4.78 is 52.8. The van der Waals surface area contributed by atoms with Gasteiger partial charge in [0.1, 0.15) is 36.7 Å². The van der Waals surface area contributed by atoms with Crippen molar-refractivity contribution in [2.75, 3.05) is 25.5 Å². The summed E-state index contributed by atoms with van der Waals surface area (Å²) in [5.41, 5.74) is 11.0. The van der Waals surface area contributed by atoms with Gasteiger partial charge in [0.25, 0.3) is 17.9 Å². The molecule has 1 saturated heterocycles. The Kier molecular flexibility index (Phi) is 10.5. The summed E-state index contributed by atoms with van der Waals surface area (Å²) in [6, 6.07) is 5.63. The predicted octanol–water partition coefficient (Wildman–Crippen LogP) is -1.02. The largest absolute Gasteiger partial charge is 0.724 e. The number of ether oxygens (including phenoxy) is 2. The number of nitrogen functional groups attached to an aromatic ring is 1. The molecule has 6 N–H and O–H groups in total. The van der Waals surface area contributed by atoms with E-state index in [9.17, 15) is 32.5 Å². The zero-order chi connectivity index (χ0) is 35.5. The Bertz CT molecular complexity index is 1820. The number of fused-ring (bicyclic) bond motifs is 1. The van der Waals surface area contributed by atoms with Gasteiger partial charge in [0, 0.05) is 12.0 Å². The molecule has 0 unspecified atom stereocenters. The third-order valence-electron chi connectivity index (χ3n) is 7.62. The van der Waals surface area contributed by atoms with Crippen LogP contribution < -0.4 is 26.2 Å². The molecule has 2 aliphatic rings. The highest BCUT2D eigenvalue weighted by Crippen LogP contribution is 2.33. The lowest BCUT2D eigenvalue weighted by atomic mass is 9.84. The van der Waals surface area contributed by atoms with Crippen LogP contribution in [0, 0.1) is 0 Å². The Balaban J connectivity index is 1.21. The molecule has 1 aromatic carbocycles. The number of carboxylic acid groups (broad SMARTS) is 1. The molecule has 0 bridgehead atoms. The maximum absolute atomic E-state index is 13.2. The monoisotopic (exact) mass is 722 g/mol. The molecule has 0 radical (unpaired) electrons. The van der Waals surface area contributed by atoms with Gasteiger partial charge < -0.3 is 40.8 Å². The molecule has 1 fully saturated rings. The third kappa shape index (κ3) is 8.32. The van der Waals surface area contributed by atoms with E-state index in [0.29, 0.717) is 24.0 Å². The number of oxime groups is 1. The number of benzene rings is 1. The van der Waals surface area contributed by atoms with E-state index in [0.717, 1.165) is 42.0 Å². The molecule has 264 valence electrons. The maximum atomic E-state index is 13.2. The number of β-lactam (4-membered cyclic amide) rings is 1. The number of thiazole rings is 1. The van der Waals surface area contributed by atoms with Crippen molar-refractivity contribution in [3.8, 4) is 16.9 Å². The standard InChI is InChI=1S/C28H34N8O11S2/c1-28(2)23(25(38)36(28)47-49(41,42)43)32-24(37)22(20-15-48-27(30)31-20)33-46-21(26(39)40)14-45-18-6-4-16(5-7-18)17-10-34-12-19(13-35(34)11-17)44-9-3-8-29/h4-7,10-11,15,19,21,23H,3,8-9,12-14,29H2,1-2H3,(H4-,30,31,32,37,39,40,41,42,43)/b33-22-/t21-,23+/m0/s1. The number of carbonyl (C=O) groups is 3. The molecular formula is C28H34N8O11S2. The van der Waals surface area contributed by atoms with Gasteiger partial charge in [-0.25, -0.2) is 18.2 Å². The van der Waals surface area contributed by atoms with Gasteiger partial charge in [-0.1, -0.05) is 17.3 Å². The first-order chi connectivity index (χ1) is 23.2. The third-order valence-corrected chi connectivity index (χ3v) is 8.63. The number of nitrogens with zero attached hydrogens (tertiary/aromatic N) is 5. The molecule has 0 spiro atoms. The lowest BCUT2D eigenvalue weighted by Crippen LogP contribution is -2.76. The lowest BCUT2D eigenvalue weighted by Gasteiger charge is -2.51. The summed E-state index contributed by atoms with van der Waals surface area (Å²) in [4.78, 5) is 46.9. The number of nitrogens with one attached hydrogen (secondary N) is 1. The number of hydroxylamine groups is 2. The Hall–Kier alpha value is -4.67. The second-order valence-electron chi connectivity index (χ2n) is 11.5. The molecule has 19 nitrogen and oxygen atoms in total. The van der Waals surface area contributed by atoms with E-state index < -0.39 is 58.2 Å². The average molecular weight is 723 g/mol. The van der Waals surface area contributed by atoms with Crippen molar-refractivity contribution in [2.24, 2.45) is 10.9 Å². The smallest absolute Gasteiger partial charge is 0.351 e. The first-order valence-electron chi connectivity index (χ1n) is 14.8. The number of amides is 2. The van der Waals surface area contributed by atoms with Crippen molar-refractivity contribution < 1.29 is 55.7 Å². The Morgan fingerprint density at radius 2 is 2.02 bits per heavy atom. The molecular weight excluding hydrogens is 688 g/mol. The van der Waals surface area contributed by atoms with E-state index >= 15 is 0 Å². The number of rotatable bonds is 16. The molecule has 3 aromatic rings. The first kappa shape index (κ1) is 35.6. The van der Waals surface area contributed by atoms with Crippen LogP contribution in [0.4, 0.5) is 5.13 Å². The summed E-state index contributed by atoms with van der Waals surface area (Å²) >= 11 is 0.954. The van der Waals surface area contributed by atoms with E-state index in [2.05, 4.69) is 29.1 Å². The number of aliphatic carboxylic acids is 1. The van der Waals surface area contributed by atoms with Gasteiger partial charge in [0.05, 0.1) is 17.3 Å². The van der Waals surface area contributed by atoms with Crippen molar-refractivity contribution >= 4 is 50.4 Å². The van der Waals surface area contributed by atoms with Crippen LogP contribution in [0.2, 0.25) is 0 Å². The molecule has 2 atom stereocenters. The SMILES string of the molecule is CC1(C)[C@H](NC(=O)/C(=N\O[C@@H](COc2ccc(-c3cn4[n+](c3)CC(OCCCN)C4)cc2)C(=O)O)c2csc(N)n2)C(=O)N1OS(=O)(=O)[O-]. The molecule has 0 saturated carbocycles. The lowest BCUT2D eigenvalue weighted by molar-refractivity contribution is -0.760. The highest BCUT2D eigenvalue weighted by molar-refractivity contribution is 7.80. The van der Waals surface area contributed by atoms with Gasteiger partial charge in [-0.05, 0) is 44.5 Å². The summed E-state index contributed by atoms with van der Waals surface area (Å²) in [7, 11) is -5.27. The number of carbonyl (C=O) groups excluding carboxylic acids is 2. The Morgan fingerprint density at radius 3 is 2.61 bits per heavy atom. The van der Waals surface area contributed by atoms with Gasteiger partial charge in [-0.3, -0.25) is 9.59 Å². The van der Waals surface area contributed by atoms with Crippen LogP contribution in [0.5, 0.6) is 5.75 Å². The normalized spacial score (nSPS) is 19.2. The zero-order valence-electron chi connectivity index (χ0n) is 26.3. The van der Waals surface area contributed by atoms with Gasteiger partial charge in [0.2, 0.25) is 16.6 Å². The molecule has 2 aromatic heterocycles. The van der Waals surface area contributed by atoms with E-state index in [1.54, 1.807) is 12.1 Å². The Morgan fingerprint density at radius 1 is 1.29 bits per heavy atom. The predicted molar refractivity (Wildman–Crippen MR) is 168 cm³/mol. The molecule has 5 rings (SSSR count). The zero-order valence-corrected chi connectivity index (χ0v) is 27.9. The van der Waals surface area contributed by atoms with E-state index in [1.165, 1.54) is 19.2 Å². The van der Waals surface area contributed by atoms with Crippen molar-refractivity contribution in [1.29, 1.82) is 0 Å². The highest BCUT2D eigenvalue weighted by atomic mass is 32.3. The van der Waals surface area contributed by atoms with Gasteiger partial charge in [-0.2, -0.15) is 14.0 Å². The summed E-state index contributed by atoms with van der Waals surface area (Å²) in [5, 5.41) is 17.6. The molecule has 2 amide bonds. The molecule has 0 aliphatic carbocycles. The number of aromatic nitrogens is 3. The van der Waals surface area contributed by atoms with Crippen LogP contribution in [0.15, 0.2) is 47.2 Å². The van der Waals surface area contributed by atoms with Gasteiger partial charge in [0.15, 0.2) is 17.4 Å². The number of carboxylic acids is 1. The van der Waals surface area contributed by atoms with E-state index in [4.69, 9.17) is 25.8 Å². The van der Waals surface area contributed by atoms with Crippen LogP contribution in [-0.2, 0) is 51.7 Å². The minimum Gasteiger partial charge on any atom is -0.724 e. The Labute approximate surface area is 283 Å². The van der Waals surface area contributed by atoms with E-state index in [-0.39, 0.29) is 16.9 Å². The fourth-order valence-electron chi connectivity index (χ4n) is 5.08. The van der Waals surface area contributed by atoms with Crippen LogP contribution in [0.1, 0.15) is 26.0 Å². The van der Waals surface area contributed by atoms with Crippen LogP contribution in [0.3, 0.4) is 0 Å². The number of hydrogen-bond donors (Lipinski definition) is 4. The van der Waals surface area contributed by atoms with Crippen LogP contribution >= 0.6 is 11.3 Å². The van der Waals surface area contributed by atoms with Crippen LogP contribution in [0.25, 0.3) is 11.1 Å². The summed E-state index contributed by atoms with van der Waals surface area (Å²) in [6.07, 6.45) is 3.25. The van der Waals surface area contributed by atoms with Crippen molar-refractivity contribution in [2.45, 2.75) is 57.1 Å². The number of anilines is 1. The quantitative estimate of drug-likeness (QED) is 0.0262. The molecule has 49 heavy (non-hydrogen) atoms. The van der Waals surface area contributed by atoms with Gasteiger partial charge >= 0.3 is 5.97 Å². The first-order valence-corrected chi connectivity index (χ1v) is 17.0. The van der Waals surface area contributed by atoms with E-state index in [1.807, 2.05) is 24.5 Å². The minimum absolute atomic E-state index is 0.0532. The maximum Gasteiger partial charge on any atom is 0.351 e. The summed E-state index contributed by atoms with van der Waals surface area (Å²) in [5.74, 6) is -3.17. The highest BCUT2D eigenvalue weighted by Gasteiger charge is 2.57. The topological polar surface area (TPSA) is 267 Å². The fraction of sp³-hybridized carbons (Fsp3) is 0.429. The molecule has 21 heteroatoms. The second-order valence-corrected chi connectivity index (χ2v) is 13.4. The summed E-state index contributed by atoms with van der Waals surface area (Å²) in [6.45, 7) is 4.83. The number of nitrogens with two attached hydrogens (primary N) is 2. The fourth-order valence-corrected chi connectivity index (χ4v) is 6.07. The van der Waals surface area contributed by atoms with Crippen LogP contribution in [-0.4, -0.2) is 99.8 Å². The molecule has 2 aliphatic heterocycles. The number of hydrogen-bond acceptors (Lipinski definition) is 15. The van der Waals surface area contributed by atoms with Crippen molar-refractivity contribution in [3.05, 3.63) is 47.7 Å².